The molecule has 0 fully saturated rings. The molecule has 0 aliphatic rings. The fourth-order valence-electron chi connectivity index (χ4n) is 1.88. The summed E-state index contributed by atoms with van der Waals surface area (Å²) in [5.41, 5.74) is 0.109. The van der Waals surface area contributed by atoms with Crippen LogP contribution in [0.3, 0.4) is 0 Å². The van der Waals surface area contributed by atoms with Crippen molar-refractivity contribution in [2.45, 2.75) is 0 Å². The Hall–Kier alpha value is -2.88. The minimum Gasteiger partial charge on any atom is -0.281 e. The highest BCUT2D eigenvalue weighted by Gasteiger charge is 2.19. The fraction of sp³-hybridized carbons (Fsp3) is 0. The monoisotopic (exact) mass is 274 g/mol. The van der Waals surface area contributed by atoms with Gasteiger partial charge in [0.2, 0.25) is 0 Å². The van der Waals surface area contributed by atoms with E-state index < -0.39 is 23.0 Å². The number of pyridine rings is 1. The molecule has 3 aromatic rings. The van der Waals surface area contributed by atoms with E-state index >= 15 is 0 Å². The lowest BCUT2D eigenvalue weighted by Crippen LogP contribution is -1.97. The number of nitrogens with zero attached hydrogens (tertiary/aromatic N) is 4. The third-order valence-electron chi connectivity index (χ3n) is 2.76. The Morgan fingerprint density at radius 1 is 1.05 bits per heavy atom. The highest BCUT2D eigenvalue weighted by Crippen LogP contribution is 2.26. The maximum absolute atomic E-state index is 13.8. The minimum atomic E-state index is -1.08. The molecule has 4 nitrogen and oxygen atoms in total. The van der Waals surface area contributed by atoms with E-state index in [9.17, 15) is 13.2 Å². The summed E-state index contributed by atoms with van der Waals surface area (Å²) in [6, 6.07) is 6.03. The van der Waals surface area contributed by atoms with E-state index in [-0.39, 0.29) is 11.4 Å². The number of fused-ring (bicyclic) bond motifs is 1. The van der Waals surface area contributed by atoms with Crippen LogP contribution >= 0.6 is 0 Å². The first-order chi connectivity index (χ1) is 9.60. The summed E-state index contributed by atoms with van der Waals surface area (Å²) < 4.78 is 41.7. The lowest BCUT2D eigenvalue weighted by molar-refractivity contribution is 0.546. The van der Waals surface area contributed by atoms with E-state index in [1.54, 1.807) is 0 Å². The second kappa shape index (κ2) is 4.35. The summed E-state index contributed by atoms with van der Waals surface area (Å²) in [5.74, 6) is -3.32. The zero-order valence-corrected chi connectivity index (χ0v) is 9.81. The number of rotatable bonds is 1. The SMILES string of the molecule is N#Cc1ccc2nnc(-c3c(F)cc(F)cc3F)n2c1. The first-order valence-corrected chi connectivity index (χ1v) is 5.50. The van der Waals surface area contributed by atoms with Crippen molar-refractivity contribution in [2.75, 3.05) is 0 Å². The quantitative estimate of drug-likeness (QED) is 0.685. The molecule has 20 heavy (non-hydrogen) atoms. The zero-order chi connectivity index (χ0) is 14.3. The number of halogens is 3. The van der Waals surface area contributed by atoms with Gasteiger partial charge in [-0.15, -0.1) is 10.2 Å². The normalized spacial score (nSPS) is 10.7. The Kier molecular flexibility index (Phi) is 2.64. The Balaban J connectivity index is 2.33. The van der Waals surface area contributed by atoms with Gasteiger partial charge in [0.1, 0.15) is 23.5 Å². The summed E-state index contributed by atoms with van der Waals surface area (Å²) in [6.45, 7) is 0. The van der Waals surface area contributed by atoms with Gasteiger partial charge in [-0.2, -0.15) is 5.26 Å². The average molecular weight is 274 g/mol. The van der Waals surface area contributed by atoms with Crippen molar-refractivity contribution < 1.29 is 13.2 Å². The van der Waals surface area contributed by atoms with Crippen LogP contribution in [-0.4, -0.2) is 14.6 Å². The van der Waals surface area contributed by atoms with Crippen molar-refractivity contribution in [3.63, 3.8) is 0 Å². The molecule has 98 valence electrons. The van der Waals surface area contributed by atoms with E-state index in [1.807, 2.05) is 6.07 Å². The minimum absolute atomic E-state index is 0.132. The molecule has 0 saturated heterocycles. The number of hydrogen-bond acceptors (Lipinski definition) is 3. The Morgan fingerprint density at radius 2 is 1.75 bits per heavy atom. The predicted molar refractivity (Wildman–Crippen MR) is 63.0 cm³/mol. The summed E-state index contributed by atoms with van der Waals surface area (Å²) in [6.07, 6.45) is 1.35. The van der Waals surface area contributed by atoms with E-state index in [4.69, 9.17) is 5.26 Å². The Morgan fingerprint density at radius 3 is 2.40 bits per heavy atom. The van der Waals surface area contributed by atoms with Crippen LogP contribution in [-0.2, 0) is 0 Å². The maximum Gasteiger partial charge on any atom is 0.174 e. The van der Waals surface area contributed by atoms with Gasteiger partial charge >= 0.3 is 0 Å². The van der Waals surface area contributed by atoms with Gasteiger partial charge in [0.25, 0.3) is 0 Å². The van der Waals surface area contributed by atoms with Gasteiger partial charge < -0.3 is 0 Å². The molecule has 0 radical (unpaired) electrons. The van der Waals surface area contributed by atoms with E-state index in [0.29, 0.717) is 17.8 Å². The van der Waals surface area contributed by atoms with Crippen molar-refractivity contribution in [3.05, 3.63) is 53.5 Å². The first-order valence-electron chi connectivity index (χ1n) is 5.50. The summed E-state index contributed by atoms with van der Waals surface area (Å²) in [4.78, 5) is 0. The highest BCUT2D eigenvalue weighted by atomic mass is 19.1. The Labute approximate surface area is 110 Å². The van der Waals surface area contributed by atoms with E-state index in [1.165, 1.54) is 22.7 Å². The van der Waals surface area contributed by atoms with Crippen molar-refractivity contribution in [1.29, 1.82) is 5.26 Å². The van der Waals surface area contributed by atoms with Crippen LogP contribution in [0.4, 0.5) is 13.2 Å². The molecular weight excluding hydrogens is 269 g/mol. The van der Waals surface area contributed by atoms with Crippen LogP contribution < -0.4 is 0 Å². The zero-order valence-electron chi connectivity index (χ0n) is 9.81. The summed E-state index contributed by atoms with van der Waals surface area (Å²) in [5, 5.41) is 16.3. The number of hydrogen-bond donors (Lipinski definition) is 0. The van der Waals surface area contributed by atoms with Gasteiger partial charge in [-0.3, -0.25) is 4.40 Å². The molecule has 0 aliphatic carbocycles. The van der Waals surface area contributed by atoms with Gasteiger partial charge in [-0.25, -0.2) is 13.2 Å². The third kappa shape index (κ3) is 1.78. The molecule has 7 heteroatoms. The molecule has 0 spiro atoms. The highest BCUT2D eigenvalue weighted by molar-refractivity contribution is 5.61. The smallest absolute Gasteiger partial charge is 0.174 e. The second-order valence-electron chi connectivity index (χ2n) is 4.03. The number of aromatic nitrogens is 3. The average Bonchev–Trinajstić information content (AvgIpc) is 2.80. The molecule has 0 N–H and O–H groups in total. The molecule has 2 aromatic heterocycles. The molecule has 0 atom stereocenters. The molecule has 0 unspecified atom stereocenters. The molecule has 0 saturated carbocycles. The van der Waals surface area contributed by atoms with Crippen LogP contribution in [0.1, 0.15) is 5.56 Å². The molecule has 0 amide bonds. The van der Waals surface area contributed by atoms with E-state index in [0.717, 1.165) is 0 Å². The van der Waals surface area contributed by atoms with Crippen LogP contribution in [0.25, 0.3) is 17.0 Å². The van der Waals surface area contributed by atoms with Crippen LogP contribution in [0.5, 0.6) is 0 Å². The maximum atomic E-state index is 13.8. The van der Waals surface area contributed by atoms with Gasteiger partial charge in [-0.1, -0.05) is 0 Å². The first kappa shape index (κ1) is 12.2. The molecule has 3 rings (SSSR count). The van der Waals surface area contributed by atoms with Crippen LogP contribution in [0, 0.1) is 28.8 Å². The standard InChI is InChI=1S/C13H5F3N4/c14-8-3-9(15)12(10(16)4-8)13-19-18-11-2-1-7(5-17)6-20(11)13/h1-4,6H. The fourth-order valence-corrected chi connectivity index (χ4v) is 1.88. The largest absolute Gasteiger partial charge is 0.281 e. The lowest BCUT2D eigenvalue weighted by Gasteiger charge is -2.04. The summed E-state index contributed by atoms with van der Waals surface area (Å²) in [7, 11) is 0. The van der Waals surface area contributed by atoms with Crippen molar-refractivity contribution in [2.24, 2.45) is 0 Å². The topological polar surface area (TPSA) is 54.0 Å². The van der Waals surface area contributed by atoms with Gasteiger partial charge in [0.15, 0.2) is 11.5 Å². The molecule has 0 aliphatic heterocycles. The molecule has 0 bridgehead atoms. The molecular formula is C13H5F3N4. The van der Waals surface area contributed by atoms with E-state index in [2.05, 4.69) is 10.2 Å². The third-order valence-corrected chi connectivity index (χ3v) is 2.76. The van der Waals surface area contributed by atoms with Crippen molar-refractivity contribution >= 4 is 5.65 Å². The summed E-state index contributed by atoms with van der Waals surface area (Å²) >= 11 is 0. The van der Waals surface area contributed by atoms with Crippen molar-refractivity contribution in [1.82, 2.24) is 14.6 Å². The predicted octanol–water partition coefficient (Wildman–Crippen LogP) is 2.69. The number of nitriles is 1. The van der Waals surface area contributed by atoms with Crippen molar-refractivity contribution in [3.8, 4) is 17.5 Å². The molecule has 2 heterocycles. The van der Waals surface area contributed by atoms with Gasteiger partial charge in [-0.05, 0) is 12.1 Å². The van der Waals surface area contributed by atoms with Crippen LogP contribution in [0.15, 0.2) is 30.5 Å². The molecule has 1 aromatic carbocycles. The van der Waals surface area contributed by atoms with Gasteiger partial charge in [0.05, 0.1) is 11.1 Å². The Bertz CT molecular complexity index is 841. The van der Waals surface area contributed by atoms with Gasteiger partial charge in [0, 0.05) is 18.3 Å². The lowest BCUT2D eigenvalue weighted by atomic mass is 10.1. The van der Waals surface area contributed by atoms with Crippen LogP contribution in [0.2, 0.25) is 0 Å². The second-order valence-corrected chi connectivity index (χ2v) is 4.03. The number of benzene rings is 1.